The molecule has 0 aliphatic carbocycles. The second kappa shape index (κ2) is 9.46. The highest BCUT2D eigenvalue weighted by atomic mass is 19.1. The first-order valence-electron chi connectivity index (χ1n) is 11.8. The third-order valence-electron chi connectivity index (χ3n) is 6.76. The molecule has 0 atom stereocenters. The van der Waals surface area contributed by atoms with Gasteiger partial charge in [0.1, 0.15) is 17.2 Å². The number of methoxy groups -OCH3 is 1. The van der Waals surface area contributed by atoms with E-state index in [1.807, 2.05) is 29.7 Å². The fourth-order valence-electron chi connectivity index (χ4n) is 4.77. The van der Waals surface area contributed by atoms with Crippen LogP contribution in [0.4, 0.5) is 4.39 Å². The van der Waals surface area contributed by atoms with Crippen molar-refractivity contribution in [3.63, 3.8) is 0 Å². The van der Waals surface area contributed by atoms with Gasteiger partial charge in [-0.15, -0.1) is 0 Å². The number of nitrogens with zero attached hydrogens (tertiary/aromatic N) is 6. The summed E-state index contributed by atoms with van der Waals surface area (Å²) in [6.45, 7) is 7.57. The van der Waals surface area contributed by atoms with E-state index in [1.165, 1.54) is 7.11 Å². The van der Waals surface area contributed by atoms with Crippen molar-refractivity contribution in [3.8, 4) is 17.4 Å². The number of benzene rings is 1. The van der Waals surface area contributed by atoms with Crippen molar-refractivity contribution in [1.82, 2.24) is 29.4 Å². The average Bonchev–Trinajstić information content (AvgIpc) is 3.24. The van der Waals surface area contributed by atoms with E-state index in [0.29, 0.717) is 40.7 Å². The number of likely N-dealkylation sites (tertiary alicyclic amines) is 1. The van der Waals surface area contributed by atoms with Crippen LogP contribution in [0.5, 0.6) is 6.01 Å². The van der Waals surface area contributed by atoms with Gasteiger partial charge in [-0.3, -0.25) is 4.98 Å². The fraction of sp³-hybridized carbons (Fsp3) is 0.385. The number of imidazole rings is 1. The van der Waals surface area contributed by atoms with Gasteiger partial charge in [0.25, 0.3) is 0 Å². The molecule has 8 heteroatoms. The second-order valence-electron chi connectivity index (χ2n) is 8.79. The maximum atomic E-state index is 15.4. The zero-order chi connectivity index (χ0) is 23.7. The van der Waals surface area contributed by atoms with Gasteiger partial charge in [-0.1, -0.05) is 19.1 Å². The Morgan fingerprint density at radius 2 is 1.94 bits per heavy atom. The lowest BCUT2D eigenvalue weighted by molar-refractivity contribution is 0.222. The SMILES string of the molecule is CCN1CCC(c2ccc(Cn3c(-c4cccnc4)nc4c(C)nc(OC)nc43)c(F)c2)CC1. The van der Waals surface area contributed by atoms with Crippen LogP contribution < -0.4 is 4.74 Å². The third-order valence-corrected chi connectivity index (χ3v) is 6.76. The number of halogens is 1. The van der Waals surface area contributed by atoms with Crippen LogP contribution in [0.3, 0.4) is 0 Å². The number of aromatic nitrogens is 5. The minimum Gasteiger partial charge on any atom is -0.467 e. The zero-order valence-electron chi connectivity index (χ0n) is 19.8. The summed E-state index contributed by atoms with van der Waals surface area (Å²) in [6.07, 6.45) is 5.60. The largest absolute Gasteiger partial charge is 0.467 e. The number of fused-ring (bicyclic) bond motifs is 1. The Hall–Kier alpha value is -3.39. The number of pyridine rings is 1. The number of aryl methyl sites for hydroxylation is 1. The number of piperidine rings is 1. The Kier molecular flexibility index (Phi) is 6.24. The monoisotopic (exact) mass is 460 g/mol. The Labute approximate surface area is 198 Å². The average molecular weight is 461 g/mol. The lowest BCUT2D eigenvalue weighted by Gasteiger charge is -2.31. The molecule has 1 aliphatic heterocycles. The van der Waals surface area contributed by atoms with Crippen LogP contribution in [-0.2, 0) is 6.54 Å². The standard InChI is InChI=1S/C26H29FN6O/c1-4-32-12-9-18(10-13-32)19-7-8-21(22(27)14-19)16-33-24(20-6-5-11-28-15-20)30-23-17(2)29-26(34-3)31-25(23)33/h5-8,11,14-15,18H,4,9-10,12-13,16H2,1-3H3. The molecule has 0 bridgehead atoms. The van der Waals surface area contributed by atoms with Gasteiger partial charge in [0.05, 0.1) is 19.3 Å². The predicted molar refractivity (Wildman–Crippen MR) is 129 cm³/mol. The number of rotatable bonds is 6. The summed E-state index contributed by atoms with van der Waals surface area (Å²) in [7, 11) is 1.53. The third kappa shape index (κ3) is 4.25. The van der Waals surface area contributed by atoms with Crippen molar-refractivity contribution in [1.29, 1.82) is 0 Å². The van der Waals surface area contributed by atoms with Crippen molar-refractivity contribution in [2.24, 2.45) is 0 Å². The molecule has 3 aromatic heterocycles. The summed E-state index contributed by atoms with van der Waals surface area (Å²) in [5.41, 5.74) is 4.49. The lowest BCUT2D eigenvalue weighted by Crippen LogP contribution is -2.32. The van der Waals surface area contributed by atoms with Gasteiger partial charge in [-0.25, -0.2) is 9.37 Å². The fourth-order valence-corrected chi connectivity index (χ4v) is 4.77. The quantitative estimate of drug-likeness (QED) is 0.419. The van der Waals surface area contributed by atoms with Crippen molar-refractivity contribution in [3.05, 3.63) is 65.4 Å². The van der Waals surface area contributed by atoms with E-state index in [1.54, 1.807) is 18.5 Å². The molecule has 0 saturated carbocycles. The van der Waals surface area contributed by atoms with Crippen LogP contribution >= 0.6 is 0 Å². The summed E-state index contributed by atoms with van der Waals surface area (Å²) in [5.74, 6) is 0.877. The van der Waals surface area contributed by atoms with E-state index >= 15 is 4.39 Å². The van der Waals surface area contributed by atoms with E-state index in [4.69, 9.17) is 9.72 Å². The predicted octanol–water partition coefficient (Wildman–Crippen LogP) is 4.59. The maximum Gasteiger partial charge on any atom is 0.318 e. The minimum atomic E-state index is -0.202. The highest BCUT2D eigenvalue weighted by molar-refractivity contribution is 5.79. The molecule has 0 radical (unpaired) electrons. The highest BCUT2D eigenvalue weighted by Gasteiger charge is 2.22. The van der Waals surface area contributed by atoms with Gasteiger partial charge in [-0.2, -0.15) is 9.97 Å². The first kappa shape index (κ1) is 22.4. The van der Waals surface area contributed by atoms with Gasteiger partial charge in [0.15, 0.2) is 5.65 Å². The Morgan fingerprint density at radius 1 is 1.12 bits per heavy atom. The highest BCUT2D eigenvalue weighted by Crippen LogP contribution is 2.31. The number of hydrogen-bond donors (Lipinski definition) is 0. The van der Waals surface area contributed by atoms with Gasteiger partial charge in [0.2, 0.25) is 0 Å². The molecule has 5 rings (SSSR count). The summed E-state index contributed by atoms with van der Waals surface area (Å²) < 4.78 is 22.6. The Balaban J connectivity index is 1.52. The van der Waals surface area contributed by atoms with E-state index in [0.717, 1.165) is 43.6 Å². The molecular formula is C26H29FN6O. The van der Waals surface area contributed by atoms with E-state index in [-0.39, 0.29) is 11.8 Å². The molecule has 7 nitrogen and oxygen atoms in total. The molecular weight excluding hydrogens is 431 g/mol. The van der Waals surface area contributed by atoms with E-state index in [2.05, 4.69) is 32.8 Å². The molecule has 1 fully saturated rings. The van der Waals surface area contributed by atoms with Crippen LogP contribution in [0.2, 0.25) is 0 Å². The molecule has 0 spiro atoms. The normalized spacial score (nSPS) is 15.2. The molecule has 4 aromatic rings. The second-order valence-corrected chi connectivity index (χ2v) is 8.79. The number of ether oxygens (including phenoxy) is 1. The minimum absolute atomic E-state index is 0.202. The topological polar surface area (TPSA) is 69.0 Å². The molecule has 1 aliphatic rings. The van der Waals surface area contributed by atoms with Crippen LogP contribution in [0.1, 0.15) is 42.5 Å². The van der Waals surface area contributed by atoms with E-state index < -0.39 is 0 Å². The summed E-state index contributed by atoms with van der Waals surface area (Å²) in [6, 6.07) is 9.75. The number of hydrogen-bond acceptors (Lipinski definition) is 6. The van der Waals surface area contributed by atoms with Crippen LogP contribution in [-0.4, -0.2) is 56.1 Å². The first-order chi connectivity index (χ1) is 16.6. The molecule has 34 heavy (non-hydrogen) atoms. The molecule has 0 N–H and O–H groups in total. The van der Waals surface area contributed by atoms with Gasteiger partial charge < -0.3 is 14.2 Å². The molecule has 0 amide bonds. The van der Waals surface area contributed by atoms with Crippen LogP contribution in [0, 0.1) is 12.7 Å². The van der Waals surface area contributed by atoms with Crippen LogP contribution in [0.15, 0.2) is 42.7 Å². The zero-order valence-corrected chi connectivity index (χ0v) is 19.8. The van der Waals surface area contributed by atoms with Crippen molar-refractivity contribution in [2.75, 3.05) is 26.7 Å². The first-order valence-corrected chi connectivity index (χ1v) is 11.8. The molecule has 0 unspecified atom stereocenters. The van der Waals surface area contributed by atoms with Crippen molar-refractivity contribution >= 4 is 11.2 Å². The smallest absolute Gasteiger partial charge is 0.318 e. The van der Waals surface area contributed by atoms with Crippen molar-refractivity contribution < 1.29 is 9.13 Å². The summed E-state index contributed by atoms with van der Waals surface area (Å²) in [4.78, 5) is 20.4. The molecule has 1 saturated heterocycles. The molecule has 1 aromatic carbocycles. The maximum absolute atomic E-state index is 15.4. The van der Waals surface area contributed by atoms with E-state index in [9.17, 15) is 0 Å². The van der Waals surface area contributed by atoms with Crippen molar-refractivity contribution in [2.45, 2.75) is 39.2 Å². The van der Waals surface area contributed by atoms with Gasteiger partial charge >= 0.3 is 6.01 Å². The summed E-state index contributed by atoms with van der Waals surface area (Å²) >= 11 is 0. The van der Waals surface area contributed by atoms with Gasteiger partial charge in [0, 0.05) is 23.5 Å². The Morgan fingerprint density at radius 3 is 2.62 bits per heavy atom. The van der Waals surface area contributed by atoms with Crippen LogP contribution in [0.25, 0.3) is 22.6 Å². The van der Waals surface area contributed by atoms with Gasteiger partial charge in [-0.05, 0) is 69.1 Å². The lowest BCUT2D eigenvalue weighted by atomic mass is 9.89. The Bertz CT molecular complexity index is 1300. The molecule has 4 heterocycles. The molecule has 176 valence electrons. The summed E-state index contributed by atoms with van der Waals surface area (Å²) in [5, 5.41) is 0.